The van der Waals surface area contributed by atoms with Crippen molar-refractivity contribution in [2.75, 3.05) is 0 Å². The minimum atomic E-state index is -0.482. The highest BCUT2D eigenvalue weighted by molar-refractivity contribution is 5.83. The molecule has 31 heavy (non-hydrogen) atoms. The molecule has 4 aromatic rings. The molecule has 0 radical (unpaired) electrons. The average Bonchev–Trinajstić information content (AvgIpc) is 2.78. The Morgan fingerprint density at radius 3 is 1.00 bits per heavy atom. The number of hydrogen-bond donors (Lipinski definition) is 0. The lowest BCUT2D eigenvalue weighted by Gasteiger charge is -2.38. The molecule has 0 atom stereocenters. The van der Waals surface area contributed by atoms with Gasteiger partial charge in [-0.15, -0.1) is 0 Å². The molecule has 0 aliphatic carbocycles. The molecule has 154 valence electrons. The van der Waals surface area contributed by atoms with Crippen molar-refractivity contribution < 1.29 is 0 Å². The van der Waals surface area contributed by atoms with Crippen molar-refractivity contribution in [2.45, 2.75) is 33.1 Å². The summed E-state index contributed by atoms with van der Waals surface area (Å²) in [4.78, 5) is 0. The zero-order valence-corrected chi connectivity index (χ0v) is 18.9. The quantitative estimate of drug-likeness (QED) is 0.297. The smallest absolute Gasteiger partial charge is 0.0701 e. The Balaban J connectivity index is 2.08. The summed E-state index contributed by atoms with van der Waals surface area (Å²) in [5, 5.41) is 0. The number of rotatable bonds is 5. The van der Waals surface area contributed by atoms with Crippen molar-refractivity contribution in [3.8, 4) is 0 Å². The second kappa shape index (κ2) is 8.40. The summed E-state index contributed by atoms with van der Waals surface area (Å²) in [6.45, 7) is 13.3. The van der Waals surface area contributed by atoms with Crippen molar-refractivity contribution in [1.82, 2.24) is 0 Å². The van der Waals surface area contributed by atoms with E-state index in [-0.39, 0.29) is 0 Å². The zero-order valence-electron chi connectivity index (χ0n) is 18.9. The predicted octanol–water partition coefficient (Wildman–Crippen LogP) is 7.97. The maximum Gasteiger partial charge on any atom is 0.0701 e. The van der Waals surface area contributed by atoms with E-state index in [9.17, 15) is 0 Å². The van der Waals surface area contributed by atoms with E-state index in [1.165, 1.54) is 38.9 Å². The first-order chi connectivity index (χ1) is 14.9. The molecule has 0 saturated heterocycles. The molecule has 0 heterocycles. The first kappa shape index (κ1) is 20.9. The average molecular weight is 403 g/mol. The molecule has 4 aromatic carbocycles. The van der Waals surface area contributed by atoms with Gasteiger partial charge in [0.25, 0.3) is 0 Å². The molecule has 0 aliphatic rings. The lowest BCUT2D eigenvalue weighted by atomic mass is 9.63. The largest absolute Gasteiger partial charge is 0.0936 e. The van der Waals surface area contributed by atoms with E-state index in [4.69, 9.17) is 6.58 Å². The van der Waals surface area contributed by atoms with Gasteiger partial charge in [0, 0.05) is 0 Å². The van der Waals surface area contributed by atoms with Crippen LogP contribution >= 0.6 is 0 Å². The van der Waals surface area contributed by atoms with E-state index in [2.05, 4.69) is 125 Å². The summed E-state index contributed by atoms with van der Waals surface area (Å²) in [7, 11) is 0. The Morgan fingerprint density at radius 1 is 0.452 bits per heavy atom. The van der Waals surface area contributed by atoms with Gasteiger partial charge in [0.15, 0.2) is 0 Å². The van der Waals surface area contributed by atoms with Gasteiger partial charge in [0.05, 0.1) is 5.41 Å². The SMILES string of the molecule is C=C(c1ccc(C)cc1)C(c1ccc(C)cc1)(c1ccc(C)cc1)c1ccc(C)cc1. The summed E-state index contributed by atoms with van der Waals surface area (Å²) in [6.07, 6.45) is 0. The fourth-order valence-electron chi connectivity index (χ4n) is 4.40. The van der Waals surface area contributed by atoms with Crippen LogP contribution in [-0.4, -0.2) is 0 Å². The number of hydrogen-bond acceptors (Lipinski definition) is 0. The van der Waals surface area contributed by atoms with E-state index in [0.717, 1.165) is 11.1 Å². The molecule has 0 spiro atoms. The van der Waals surface area contributed by atoms with Crippen LogP contribution in [0.3, 0.4) is 0 Å². The third-order valence-corrected chi connectivity index (χ3v) is 6.31. The normalized spacial score (nSPS) is 11.4. The standard InChI is InChI=1S/C31H30/c1-22-6-14-27(15-7-22)26(5)31(28-16-8-23(2)9-17-28,29-18-10-24(3)11-19-29)30-20-12-25(4)13-21-30/h6-21H,5H2,1-4H3. The van der Waals surface area contributed by atoms with E-state index in [1.807, 2.05) is 0 Å². The van der Waals surface area contributed by atoms with Gasteiger partial charge in [-0.25, -0.2) is 0 Å². The molecule has 0 aromatic heterocycles. The van der Waals surface area contributed by atoms with E-state index in [1.54, 1.807) is 0 Å². The van der Waals surface area contributed by atoms with Crippen molar-refractivity contribution in [1.29, 1.82) is 0 Å². The van der Waals surface area contributed by atoms with Crippen LogP contribution in [0, 0.1) is 27.7 Å². The highest BCUT2D eigenvalue weighted by atomic mass is 14.4. The van der Waals surface area contributed by atoms with Gasteiger partial charge in [-0.2, -0.15) is 0 Å². The first-order valence-electron chi connectivity index (χ1n) is 10.9. The highest BCUT2D eigenvalue weighted by Gasteiger charge is 2.39. The van der Waals surface area contributed by atoms with Crippen LogP contribution in [0.15, 0.2) is 104 Å². The molecule has 0 amide bonds. The molecular weight excluding hydrogens is 372 g/mol. The fraction of sp³-hybridized carbons (Fsp3) is 0.161. The van der Waals surface area contributed by atoms with E-state index < -0.39 is 5.41 Å². The molecule has 0 aliphatic heterocycles. The molecule has 0 bridgehead atoms. The van der Waals surface area contributed by atoms with Crippen molar-refractivity contribution in [2.24, 2.45) is 0 Å². The minimum Gasteiger partial charge on any atom is -0.0936 e. The third-order valence-electron chi connectivity index (χ3n) is 6.31. The van der Waals surface area contributed by atoms with Gasteiger partial charge in [-0.1, -0.05) is 126 Å². The lowest BCUT2D eigenvalue weighted by Crippen LogP contribution is -2.31. The number of aryl methyl sites for hydroxylation is 4. The monoisotopic (exact) mass is 402 g/mol. The molecule has 4 rings (SSSR count). The maximum atomic E-state index is 4.72. The van der Waals surface area contributed by atoms with Crippen molar-refractivity contribution in [3.05, 3.63) is 148 Å². The topological polar surface area (TPSA) is 0 Å². The van der Waals surface area contributed by atoms with Gasteiger partial charge in [-0.3, -0.25) is 0 Å². The third kappa shape index (κ3) is 3.86. The second-order valence-corrected chi connectivity index (χ2v) is 8.69. The summed E-state index contributed by atoms with van der Waals surface area (Å²) in [5.74, 6) is 0. The lowest BCUT2D eigenvalue weighted by molar-refractivity contribution is 0.801. The van der Waals surface area contributed by atoms with Crippen LogP contribution in [0.4, 0.5) is 0 Å². The molecule has 0 nitrogen and oxygen atoms in total. The molecule has 0 saturated carbocycles. The Kier molecular flexibility index (Phi) is 5.65. The van der Waals surface area contributed by atoms with Crippen LogP contribution < -0.4 is 0 Å². The molecule has 0 heteroatoms. The summed E-state index contributed by atoms with van der Waals surface area (Å²) < 4.78 is 0. The minimum absolute atomic E-state index is 0.482. The van der Waals surface area contributed by atoms with Gasteiger partial charge < -0.3 is 0 Å². The first-order valence-corrected chi connectivity index (χ1v) is 10.9. The van der Waals surface area contributed by atoms with Gasteiger partial charge in [-0.05, 0) is 55.5 Å². The van der Waals surface area contributed by atoms with Crippen molar-refractivity contribution >= 4 is 5.57 Å². The van der Waals surface area contributed by atoms with Crippen LogP contribution in [0.2, 0.25) is 0 Å². The zero-order chi connectivity index (χ0) is 22.0. The van der Waals surface area contributed by atoms with Crippen LogP contribution in [0.5, 0.6) is 0 Å². The van der Waals surface area contributed by atoms with Crippen LogP contribution in [0.25, 0.3) is 5.57 Å². The molecular formula is C31H30. The Morgan fingerprint density at radius 2 is 0.710 bits per heavy atom. The van der Waals surface area contributed by atoms with E-state index in [0.29, 0.717) is 0 Å². The Hall–Kier alpha value is -3.38. The predicted molar refractivity (Wildman–Crippen MR) is 134 cm³/mol. The van der Waals surface area contributed by atoms with Crippen LogP contribution in [-0.2, 0) is 5.41 Å². The molecule has 0 unspecified atom stereocenters. The highest BCUT2D eigenvalue weighted by Crippen LogP contribution is 2.48. The summed E-state index contributed by atoms with van der Waals surface area (Å²) in [5.41, 5.74) is 10.5. The van der Waals surface area contributed by atoms with Gasteiger partial charge >= 0.3 is 0 Å². The molecule has 0 fully saturated rings. The summed E-state index contributed by atoms with van der Waals surface area (Å²) in [6, 6.07) is 35.5. The second-order valence-electron chi connectivity index (χ2n) is 8.69. The Labute approximate surface area is 186 Å². The fourth-order valence-corrected chi connectivity index (χ4v) is 4.40. The van der Waals surface area contributed by atoms with Crippen LogP contribution in [0.1, 0.15) is 44.5 Å². The maximum absolute atomic E-state index is 4.72. The summed E-state index contributed by atoms with van der Waals surface area (Å²) >= 11 is 0. The van der Waals surface area contributed by atoms with E-state index >= 15 is 0 Å². The number of benzene rings is 4. The molecule has 0 N–H and O–H groups in total. The van der Waals surface area contributed by atoms with Gasteiger partial charge in [0.1, 0.15) is 0 Å². The number of allylic oxidation sites excluding steroid dienone is 1. The Bertz CT molecular complexity index is 1060. The van der Waals surface area contributed by atoms with Gasteiger partial charge in [0.2, 0.25) is 0 Å². The van der Waals surface area contributed by atoms with Crippen molar-refractivity contribution in [3.63, 3.8) is 0 Å².